The van der Waals surface area contributed by atoms with Crippen LogP contribution in [-0.2, 0) is 27.8 Å². The van der Waals surface area contributed by atoms with E-state index in [-0.39, 0.29) is 41.2 Å². The lowest BCUT2D eigenvalue weighted by atomic mass is 10.1. The summed E-state index contributed by atoms with van der Waals surface area (Å²) in [5.74, 6) is 0.322. The fourth-order valence-electron chi connectivity index (χ4n) is 2.49. The average molecular weight is 550 g/mol. The molecular weight excluding hydrogens is 522 g/mol. The summed E-state index contributed by atoms with van der Waals surface area (Å²) >= 11 is 0. The van der Waals surface area contributed by atoms with Gasteiger partial charge in [-0.05, 0) is 41.8 Å². The van der Waals surface area contributed by atoms with E-state index in [1.54, 1.807) is 44.3 Å². The average Bonchev–Trinajstić information content (AvgIpc) is 2.71. The van der Waals surface area contributed by atoms with Crippen molar-refractivity contribution in [1.29, 1.82) is 0 Å². The van der Waals surface area contributed by atoms with Crippen molar-refractivity contribution < 1.29 is 17.5 Å². The monoisotopic (exact) mass is 550 g/mol. The molecule has 0 atom stereocenters. The van der Waals surface area contributed by atoms with Crippen LogP contribution in [0.5, 0.6) is 0 Å². The zero-order chi connectivity index (χ0) is 21.3. The van der Waals surface area contributed by atoms with Crippen molar-refractivity contribution in [2.75, 3.05) is 27.3 Å². The Morgan fingerprint density at radius 2 is 1.67 bits per heavy atom. The molecule has 0 aliphatic rings. The second-order valence-corrected chi connectivity index (χ2v) is 8.16. The van der Waals surface area contributed by atoms with Gasteiger partial charge in [-0.1, -0.05) is 24.3 Å². The quantitative estimate of drug-likeness (QED) is 0.193. The number of hydrogen-bond acceptors (Lipinski definition) is 4. The smallest absolute Gasteiger partial charge is 0.240 e. The molecule has 0 aliphatic heterocycles. The second kappa shape index (κ2) is 12.8. The van der Waals surface area contributed by atoms with Gasteiger partial charge in [0.25, 0.3) is 0 Å². The maximum atomic E-state index is 13.6. The third-order valence-corrected chi connectivity index (χ3v) is 5.69. The number of hydrogen-bond donors (Lipinski definition) is 3. The number of nitrogens with zero attached hydrogens (tertiary/aromatic N) is 1. The molecule has 3 N–H and O–H groups in total. The van der Waals surface area contributed by atoms with Gasteiger partial charge in [-0.3, -0.25) is 4.99 Å². The first kappa shape index (κ1) is 26.3. The van der Waals surface area contributed by atoms with Crippen molar-refractivity contribution in [3.05, 3.63) is 65.0 Å². The van der Waals surface area contributed by atoms with E-state index in [9.17, 15) is 12.8 Å². The van der Waals surface area contributed by atoms with Crippen molar-refractivity contribution in [2.45, 2.75) is 24.9 Å². The Balaban J connectivity index is 0.00000450. The molecule has 2 rings (SSSR count). The van der Waals surface area contributed by atoms with Gasteiger partial charge in [0, 0.05) is 33.8 Å². The van der Waals surface area contributed by atoms with E-state index in [1.807, 2.05) is 6.07 Å². The lowest BCUT2D eigenvalue weighted by Gasteiger charge is -2.13. The lowest BCUT2D eigenvalue weighted by Crippen LogP contribution is -2.36. The van der Waals surface area contributed by atoms with Gasteiger partial charge in [0.15, 0.2) is 5.96 Å². The SMILES string of the molecule is CN=C(NCc1ccc(S(=O)(=O)NCCOC)cc1)NCc1ccc(C)c(F)c1.I. The van der Waals surface area contributed by atoms with Crippen LogP contribution in [0.2, 0.25) is 0 Å². The van der Waals surface area contributed by atoms with Crippen molar-refractivity contribution in [1.82, 2.24) is 15.4 Å². The molecule has 0 saturated carbocycles. The molecule has 0 amide bonds. The summed E-state index contributed by atoms with van der Waals surface area (Å²) in [5.41, 5.74) is 2.31. The minimum atomic E-state index is -3.55. The Kier molecular flexibility index (Phi) is 11.2. The van der Waals surface area contributed by atoms with E-state index in [0.29, 0.717) is 31.2 Å². The largest absolute Gasteiger partial charge is 0.383 e. The van der Waals surface area contributed by atoms with Crippen molar-refractivity contribution in [2.24, 2.45) is 4.99 Å². The maximum absolute atomic E-state index is 13.6. The highest BCUT2D eigenvalue weighted by Crippen LogP contribution is 2.11. The molecule has 0 fully saturated rings. The Hall–Kier alpha value is -1.76. The van der Waals surface area contributed by atoms with Crippen LogP contribution in [0.3, 0.4) is 0 Å². The lowest BCUT2D eigenvalue weighted by molar-refractivity contribution is 0.204. The highest BCUT2D eigenvalue weighted by Gasteiger charge is 2.13. The molecule has 10 heteroatoms. The molecule has 2 aromatic carbocycles. The first-order valence-corrected chi connectivity index (χ1v) is 10.6. The number of aliphatic imine (C=N–C) groups is 1. The predicted octanol–water partition coefficient (Wildman–Crippen LogP) is 2.54. The van der Waals surface area contributed by atoms with Crippen LogP contribution in [-0.4, -0.2) is 41.7 Å². The van der Waals surface area contributed by atoms with Gasteiger partial charge in [0.05, 0.1) is 11.5 Å². The zero-order valence-corrected chi connectivity index (χ0v) is 20.4. The van der Waals surface area contributed by atoms with E-state index in [4.69, 9.17) is 4.74 Å². The molecule has 0 radical (unpaired) electrons. The number of aryl methyl sites for hydroxylation is 1. The van der Waals surface area contributed by atoms with E-state index >= 15 is 0 Å². The van der Waals surface area contributed by atoms with Gasteiger partial charge < -0.3 is 15.4 Å². The van der Waals surface area contributed by atoms with E-state index < -0.39 is 10.0 Å². The molecule has 30 heavy (non-hydrogen) atoms. The number of halogens is 2. The molecule has 0 spiro atoms. The van der Waals surface area contributed by atoms with Gasteiger partial charge in [-0.15, -0.1) is 24.0 Å². The van der Waals surface area contributed by atoms with Crippen molar-refractivity contribution in [3.8, 4) is 0 Å². The molecule has 0 unspecified atom stereocenters. The van der Waals surface area contributed by atoms with Crippen LogP contribution in [0.1, 0.15) is 16.7 Å². The van der Waals surface area contributed by atoms with Crippen LogP contribution in [0, 0.1) is 12.7 Å². The third-order valence-electron chi connectivity index (χ3n) is 4.21. The number of methoxy groups -OCH3 is 1. The first-order chi connectivity index (χ1) is 13.9. The molecule has 0 bridgehead atoms. The van der Waals surface area contributed by atoms with Crippen molar-refractivity contribution >= 4 is 40.0 Å². The normalized spacial score (nSPS) is 11.7. The minimum Gasteiger partial charge on any atom is -0.383 e. The van der Waals surface area contributed by atoms with Crippen LogP contribution >= 0.6 is 24.0 Å². The number of ether oxygens (including phenoxy) is 1. The summed E-state index contributed by atoms with van der Waals surface area (Å²) in [6, 6.07) is 11.7. The Labute approximate surface area is 194 Å². The standard InChI is InChI=1S/C20H27FN4O3S.HI/c1-15-4-5-17(12-19(15)21)14-24-20(22-2)23-13-16-6-8-18(9-7-16)29(26,27)25-10-11-28-3;/h4-9,12,25H,10-11,13-14H2,1-3H3,(H2,22,23,24);1H. The summed E-state index contributed by atoms with van der Waals surface area (Å²) in [4.78, 5) is 4.34. The zero-order valence-electron chi connectivity index (χ0n) is 17.2. The predicted molar refractivity (Wildman–Crippen MR) is 127 cm³/mol. The number of nitrogens with one attached hydrogen (secondary N) is 3. The van der Waals surface area contributed by atoms with Gasteiger partial charge in [0.2, 0.25) is 10.0 Å². The number of guanidine groups is 1. The van der Waals surface area contributed by atoms with E-state index in [2.05, 4.69) is 20.3 Å². The molecule has 166 valence electrons. The van der Waals surface area contributed by atoms with Crippen LogP contribution in [0.15, 0.2) is 52.4 Å². The fraction of sp³-hybridized carbons (Fsp3) is 0.350. The minimum absolute atomic E-state index is 0. The summed E-state index contributed by atoms with van der Waals surface area (Å²) in [6.45, 7) is 3.14. The summed E-state index contributed by atoms with van der Waals surface area (Å²) < 4.78 is 45.3. The van der Waals surface area contributed by atoms with E-state index in [0.717, 1.165) is 11.1 Å². The number of sulfonamides is 1. The molecule has 0 heterocycles. The van der Waals surface area contributed by atoms with Crippen LogP contribution in [0.25, 0.3) is 0 Å². The Morgan fingerprint density at radius 1 is 1.07 bits per heavy atom. The van der Waals surface area contributed by atoms with Crippen LogP contribution < -0.4 is 15.4 Å². The fourth-order valence-corrected chi connectivity index (χ4v) is 3.50. The maximum Gasteiger partial charge on any atom is 0.240 e. The molecular formula is C20H28FIN4O3S. The Morgan fingerprint density at radius 3 is 2.23 bits per heavy atom. The molecule has 0 aliphatic carbocycles. The molecule has 0 aromatic heterocycles. The molecule has 7 nitrogen and oxygen atoms in total. The van der Waals surface area contributed by atoms with Gasteiger partial charge in [0.1, 0.15) is 5.82 Å². The van der Waals surface area contributed by atoms with Gasteiger partial charge >= 0.3 is 0 Å². The topological polar surface area (TPSA) is 91.8 Å². The summed E-state index contributed by atoms with van der Waals surface area (Å²) in [7, 11) is -0.391. The second-order valence-electron chi connectivity index (χ2n) is 6.40. The van der Waals surface area contributed by atoms with E-state index in [1.165, 1.54) is 13.2 Å². The number of benzene rings is 2. The van der Waals surface area contributed by atoms with Crippen LogP contribution in [0.4, 0.5) is 4.39 Å². The third kappa shape index (κ3) is 8.17. The Bertz CT molecular complexity index is 938. The molecule has 2 aromatic rings. The summed E-state index contributed by atoms with van der Waals surface area (Å²) in [5, 5.41) is 6.27. The van der Waals surface area contributed by atoms with Crippen molar-refractivity contribution in [3.63, 3.8) is 0 Å². The summed E-state index contributed by atoms with van der Waals surface area (Å²) in [6.07, 6.45) is 0. The highest BCUT2D eigenvalue weighted by atomic mass is 127. The van der Waals surface area contributed by atoms with Gasteiger partial charge in [-0.25, -0.2) is 17.5 Å². The highest BCUT2D eigenvalue weighted by molar-refractivity contribution is 14.0. The molecule has 0 saturated heterocycles. The number of rotatable bonds is 9. The first-order valence-electron chi connectivity index (χ1n) is 9.13. The van der Waals surface area contributed by atoms with Gasteiger partial charge in [-0.2, -0.15) is 0 Å².